The van der Waals surface area contributed by atoms with Crippen LogP contribution < -0.4 is 0 Å². The highest BCUT2D eigenvalue weighted by Crippen LogP contribution is 1.67. The van der Waals surface area contributed by atoms with Crippen LogP contribution in [0.5, 0.6) is 0 Å². The number of carbonyl (C=O) groups excluding carboxylic acids is 1. The zero-order valence-electron chi connectivity index (χ0n) is 4.68. The molecule has 8 heavy (non-hydrogen) atoms. The summed E-state index contributed by atoms with van der Waals surface area (Å²) in [5.41, 5.74) is 0. The Morgan fingerprint density at radius 2 is 1.75 bits per heavy atom. The number of carboxylic acids is 1. The molecule has 50 valence electrons. The normalized spacial score (nSPS) is 5.12. The lowest BCUT2D eigenvalue weighted by Gasteiger charge is -1.71. The standard InChI is InChI=1S/C3H6O2.CH2O.H2O/c1-2-3(4)5;1-2;/h2H2,1H3,(H,4,5);1H2;1H2. The number of rotatable bonds is 1. The van der Waals surface area contributed by atoms with Gasteiger partial charge in [-0.2, -0.15) is 0 Å². The Morgan fingerprint density at radius 1 is 1.62 bits per heavy atom. The summed E-state index contributed by atoms with van der Waals surface area (Å²) in [7, 11) is 0. The molecule has 0 rings (SSSR count). The summed E-state index contributed by atoms with van der Waals surface area (Å²) in [5, 5.41) is 7.72. The Balaban J connectivity index is -0.0000000750. The second-order valence-electron chi connectivity index (χ2n) is 0.747. The van der Waals surface area contributed by atoms with Gasteiger partial charge in [-0.15, -0.1) is 0 Å². The number of aliphatic carboxylic acids is 1. The summed E-state index contributed by atoms with van der Waals surface area (Å²) >= 11 is 0. The van der Waals surface area contributed by atoms with E-state index in [4.69, 9.17) is 9.90 Å². The smallest absolute Gasteiger partial charge is 0.303 e. The first-order valence-corrected chi connectivity index (χ1v) is 1.78. The van der Waals surface area contributed by atoms with Crippen molar-refractivity contribution in [1.29, 1.82) is 0 Å². The first kappa shape index (κ1) is 15.7. The highest BCUT2D eigenvalue weighted by Gasteiger charge is 1.80. The molecule has 0 aliphatic carbocycles. The van der Waals surface area contributed by atoms with Gasteiger partial charge in [0, 0.05) is 6.42 Å². The second kappa shape index (κ2) is 16.5. The summed E-state index contributed by atoms with van der Waals surface area (Å²) in [6, 6.07) is 0. The molecule has 0 saturated carbocycles. The number of hydrogen-bond acceptors (Lipinski definition) is 2. The van der Waals surface area contributed by atoms with Crippen LogP contribution in [0.4, 0.5) is 0 Å². The molecule has 0 bridgehead atoms. The molecule has 0 aromatic heterocycles. The molecule has 0 aromatic rings. The number of carbonyl (C=O) groups is 2. The maximum atomic E-state index is 9.37. The highest BCUT2D eigenvalue weighted by atomic mass is 16.4. The van der Waals surface area contributed by atoms with E-state index in [0.29, 0.717) is 0 Å². The summed E-state index contributed by atoms with van der Waals surface area (Å²) < 4.78 is 0. The van der Waals surface area contributed by atoms with Gasteiger partial charge in [-0.1, -0.05) is 6.92 Å². The van der Waals surface area contributed by atoms with Gasteiger partial charge in [-0.3, -0.25) is 4.79 Å². The number of carboxylic acid groups (broad SMARTS) is 1. The van der Waals surface area contributed by atoms with Crippen LogP contribution >= 0.6 is 0 Å². The maximum absolute atomic E-state index is 9.37. The summed E-state index contributed by atoms with van der Waals surface area (Å²) in [6.45, 7) is 3.60. The topological polar surface area (TPSA) is 85.9 Å². The van der Waals surface area contributed by atoms with Crippen LogP contribution in [0.15, 0.2) is 0 Å². The molecule has 0 aromatic carbocycles. The van der Waals surface area contributed by atoms with Gasteiger partial charge in [-0.25, -0.2) is 0 Å². The minimum Gasteiger partial charge on any atom is -0.481 e. The van der Waals surface area contributed by atoms with Gasteiger partial charge in [0.15, 0.2) is 0 Å². The predicted molar refractivity (Wildman–Crippen MR) is 28.7 cm³/mol. The van der Waals surface area contributed by atoms with Crippen molar-refractivity contribution in [1.82, 2.24) is 0 Å². The van der Waals surface area contributed by atoms with Gasteiger partial charge in [0.25, 0.3) is 0 Å². The third-order valence-corrected chi connectivity index (χ3v) is 0.302. The van der Waals surface area contributed by atoms with Crippen molar-refractivity contribution >= 4 is 12.8 Å². The van der Waals surface area contributed by atoms with Crippen LogP contribution in [0.3, 0.4) is 0 Å². The van der Waals surface area contributed by atoms with Crippen LogP contribution in [-0.4, -0.2) is 23.3 Å². The molecule has 0 heterocycles. The minimum atomic E-state index is -0.745. The SMILES string of the molecule is C=O.CCC(=O)O.O. The fourth-order valence-electron chi connectivity index (χ4n) is 0. The van der Waals surface area contributed by atoms with E-state index in [1.54, 1.807) is 6.92 Å². The van der Waals surface area contributed by atoms with Crippen LogP contribution in [0.1, 0.15) is 13.3 Å². The van der Waals surface area contributed by atoms with E-state index in [1.165, 1.54) is 0 Å². The molecular formula is C4H10O4. The van der Waals surface area contributed by atoms with E-state index in [0.717, 1.165) is 0 Å². The average molecular weight is 122 g/mol. The Hall–Kier alpha value is -0.900. The van der Waals surface area contributed by atoms with E-state index in [9.17, 15) is 4.79 Å². The van der Waals surface area contributed by atoms with Crippen LogP contribution in [0, 0.1) is 0 Å². The molecule has 0 spiro atoms. The molecular weight excluding hydrogens is 112 g/mol. The van der Waals surface area contributed by atoms with Crippen molar-refractivity contribution in [3.05, 3.63) is 0 Å². The van der Waals surface area contributed by atoms with Crippen LogP contribution in [0.25, 0.3) is 0 Å². The largest absolute Gasteiger partial charge is 0.481 e. The predicted octanol–water partition coefficient (Wildman–Crippen LogP) is -0.529. The molecule has 0 amide bonds. The fourth-order valence-corrected chi connectivity index (χ4v) is 0. The zero-order chi connectivity index (χ0) is 6.28. The quantitative estimate of drug-likeness (QED) is 0.507. The lowest BCUT2D eigenvalue weighted by molar-refractivity contribution is -0.136. The molecule has 0 aliphatic rings. The molecule has 0 radical (unpaired) electrons. The molecule has 0 fully saturated rings. The Morgan fingerprint density at radius 3 is 1.75 bits per heavy atom. The molecule has 4 heteroatoms. The van der Waals surface area contributed by atoms with Crippen LogP contribution in [-0.2, 0) is 9.59 Å². The minimum absolute atomic E-state index is 0. The monoisotopic (exact) mass is 122 g/mol. The highest BCUT2D eigenvalue weighted by molar-refractivity contribution is 5.66. The van der Waals surface area contributed by atoms with Crippen molar-refractivity contribution in [2.75, 3.05) is 0 Å². The van der Waals surface area contributed by atoms with Gasteiger partial charge >= 0.3 is 5.97 Å². The van der Waals surface area contributed by atoms with Crippen molar-refractivity contribution in [2.24, 2.45) is 0 Å². The molecule has 3 N–H and O–H groups in total. The molecule has 4 nitrogen and oxygen atoms in total. The van der Waals surface area contributed by atoms with Crippen molar-refractivity contribution in [2.45, 2.75) is 13.3 Å². The van der Waals surface area contributed by atoms with Crippen LogP contribution in [0.2, 0.25) is 0 Å². The lowest BCUT2D eigenvalue weighted by atomic mass is 10.5. The number of hydrogen-bond donors (Lipinski definition) is 1. The van der Waals surface area contributed by atoms with E-state index < -0.39 is 5.97 Å². The molecule has 0 saturated heterocycles. The van der Waals surface area contributed by atoms with Gasteiger partial charge in [0.05, 0.1) is 0 Å². The van der Waals surface area contributed by atoms with Crippen molar-refractivity contribution < 1.29 is 20.2 Å². The third-order valence-electron chi connectivity index (χ3n) is 0.302. The Bertz CT molecular complexity index is 52.0. The van der Waals surface area contributed by atoms with Gasteiger partial charge in [-0.05, 0) is 0 Å². The molecule has 0 atom stereocenters. The summed E-state index contributed by atoms with van der Waals surface area (Å²) in [4.78, 5) is 17.4. The lowest BCUT2D eigenvalue weighted by Crippen LogP contribution is -1.86. The average Bonchev–Trinajstić information content (AvgIpc) is 1.73. The maximum Gasteiger partial charge on any atom is 0.303 e. The van der Waals surface area contributed by atoms with Crippen molar-refractivity contribution in [3.63, 3.8) is 0 Å². The summed E-state index contributed by atoms with van der Waals surface area (Å²) in [6.07, 6.45) is 0.222. The van der Waals surface area contributed by atoms with E-state index in [1.807, 2.05) is 6.79 Å². The van der Waals surface area contributed by atoms with E-state index in [-0.39, 0.29) is 11.9 Å². The second-order valence-corrected chi connectivity index (χ2v) is 0.747. The summed E-state index contributed by atoms with van der Waals surface area (Å²) in [5.74, 6) is -0.745. The Labute approximate surface area is 47.4 Å². The van der Waals surface area contributed by atoms with E-state index in [2.05, 4.69) is 0 Å². The van der Waals surface area contributed by atoms with Gasteiger partial charge in [0.2, 0.25) is 0 Å². The molecule has 0 unspecified atom stereocenters. The zero-order valence-corrected chi connectivity index (χ0v) is 4.68. The van der Waals surface area contributed by atoms with Gasteiger partial charge < -0.3 is 15.4 Å². The van der Waals surface area contributed by atoms with E-state index >= 15 is 0 Å². The fraction of sp³-hybridized carbons (Fsp3) is 0.500. The molecule has 0 aliphatic heterocycles. The first-order valence-electron chi connectivity index (χ1n) is 1.78. The van der Waals surface area contributed by atoms with Crippen molar-refractivity contribution in [3.8, 4) is 0 Å². The first-order chi connectivity index (χ1) is 3.27. The third kappa shape index (κ3) is 70.9. The Kier molecular flexibility index (Phi) is 32.4. The van der Waals surface area contributed by atoms with Gasteiger partial charge in [0.1, 0.15) is 6.79 Å².